The number of carbonyl (C=O) groups is 1. The van der Waals surface area contributed by atoms with Gasteiger partial charge in [-0.3, -0.25) is 9.69 Å². The van der Waals surface area contributed by atoms with Crippen molar-refractivity contribution in [2.45, 2.75) is 43.5 Å². The van der Waals surface area contributed by atoms with E-state index < -0.39 is 15.7 Å². The minimum atomic E-state index is -3.57. The second-order valence-electron chi connectivity index (χ2n) is 8.80. The summed E-state index contributed by atoms with van der Waals surface area (Å²) in [7, 11) is -3.57. The van der Waals surface area contributed by atoms with Gasteiger partial charge < -0.3 is 9.73 Å². The van der Waals surface area contributed by atoms with Crippen LogP contribution in [0, 0.1) is 5.92 Å². The molecule has 1 aromatic heterocycles. The number of carbonyl (C=O) groups excluding carboxylic acids is 1. The maximum Gasteiger partial charge on any atom is 0.287 e. The number of rotatable bonds is 8. The van der Waals surface area contributed by atoms with E-state index in [-0.39, 0.29) is 16.4 Å². The fourth-order valence-corrected chi connectivity index (χ4v) is 5.44. The number of piperidine rings is 1. The fourth-order valence-electron chi connectivity index (χ4n) is 4.07. The van der Waals surface area contributed by atoms with Gasteiger partial charge >= 0.3 is 0 Å². The van der Waals surface area contributed by atoms with Crippen LogP contribution in [0.15, 0.2) is 76.2 Å². The van der Waals surface area contributed by atoms with Crippen molar-refractivity contribution in [2.24, 2.45) is 5.92 Å². The van der Waals surface area contributed by atoms with E-state index in [1.54, 1.807) is 30.3 Å². The lowest BCUT2D eigenvalue weighted by molar-refractivity contribution is 0.0922. The molecule has 0 saturated carbocycles. The highest BCUT2D eigenvalue weighted by Crippen LogP contribution is 2.21. The van der Waals surface area contributed by atoms with Crippen molar-refractivity contribution >= 4 is 15.7 Å². The molecule has 1 saturated heterocycles. The Morgan fingerprint density at radius 1 is 1.00 bits per heavy atom. The maximum absolute atomic E-state index is 12.7. The fraction of sp³-hybridized carbons (Fsp3) is 0.346. The third-order valence-electron chi connectivity index (χ3n) is 6.16. The van der Waals surface area contributed by atoms with Gasteiger partial charge in [0.25, 0.3) is 5.91 Å². The van der Waals surface area contributed by atoms with Gasteiger partial charge in [-0.25, -0.2) is 8.42 Å². The van der Waals surface area contributed by atoms with E-state index in [2.05, 4.69) is 29.3 Å². The molecule has 1 N–H and O–H groups in total. The standard InChI is InChI=1S/C26H30N2O4S/c1-20-11-14-28(15-12-20)18-22-9-7-21(8-10-22)17-27-26(29)25-23(13-16-32-25)19-33(30,31)24-5-3-2-4-6-24/h2-10,13,16,20H,11-12,14-15,17-19H2,1H3,(H,27,29). The quantitative estimate of drug-likeness (QED) is 0.532. The zero-order valence-electron chi connectivity index (χ0n) is 18.9. The monoisotopic (exact) mass is 466 g/mol. The van der Waals surface area contributed by atoms with Gasteiger partial charge in [0.2, 0.25) is 0 Å². The van der Waals surface area contributed by atoms with Gasteiger partial charge in [0, 0.05) is 18.7 Å². The summed E-state index contributed by atoms with van der Waals surface area (Å²) in [4.78, 5) is 15.4. The summed E-state index contributed by atoms with van der Waals surface area (Å²) in [5, 5.41) is 2.84. The molecule has 174 valence electrons. The van der Waals surface area contributed by atoms with E-state index >= 15 is 0 Å². The van der Waals surface area contributed by atoms with Crippen LogP contribution in [0.5, 0.6) is 0 Å². The largest absolute Gasteiger partial charge is 0.459 e. The Morgan fingerprint density at radius 3 is 2.36 bits per heavy atom. The number of amides is 1. The summed E-state index contributed by atoms with van der Waals surface area (Å²) in [5.74, 6) is 0.135. The Balaban J connectivity index is 1.33. The molecule has 3 aromatic rings. The van der Waals surface area contributed by atoms with Crippen LogP contribution in [0.1, 0.15) is 47.0 Å². The number of likely N-dealkylation sites (tertiary alicyclic amines) is 1. The Hall–Kier alpha value is -2.90. The summed E-state index contributed by atoms with van der Waals surface area (Å²) in [6.07, 6.45) is 3.86. The molecule has 1 aliphatic rings. The van der Waals surface area contributed by atoms with Crippen molar-refractivity contribution in [3.8, 4) is 0 Å². The first-order valence-electron chi connectivity index (χ1n) is 11.3. The van der Waals surface area contributed by atoms with Gasteiger partial charge in [-0.15, -0.1) is 0 Å². The summed E-state index contributed by atoms with van der Waals surface area (Å²) < 4.78 is 30.7. The van der Waals surface area contributed by atoms with E-state index in [1.165, 1.54) is 30.7 Å². The molecule has 7 heteroatoms. The second-order valence-corrected chi connectivity index (χ2v) is 10.8. The first-order chi connectivity index (χ1) is 15.9. The maximum atomic E-state index is 12.7. The van der Waals surface area contributed by atoms with Crippen LogP contribution in [0.2, 0.25) is 0 Å². The first-order valence-corrected chi connectivity index (χ1v) is 13.0. The number of nitrogens with one attached hydrogen (secondary N) is 1. The number of sulfone groups is 1. The predicted molar refractivity (Wildman–Crippen MR) is 127 cm³/mol. The van der Waals surface area contributed by atoms with Crippen LogP contribution in [0.4, 0.5) is 0 Å². The summed E-state index contributed by atoms with van der Waals surface area (Å²) >= 11 is 0. The SMILES string of the molecule is CC1CCN(Cc2ccc(CNC(=O)c3occc3CS(=O)(=O)c3ccccc3)cc2)CC1. The number of nitrogens with zero attached hydrogens (tertiary/aromatic N) is 1. The molecule has 2 aromatic carbocycles. The molecule has 1 amide bonds. The highest BCUT2D eigenvalue weighted by molar-refractivity contribution is 7.90. The molecular weight excluding hydrogens is 436 g/mol. The van der Waals surface area contributed by atoms with Crippen molar-refractivity contribution in [2.75, 3.05) is 13.1 Å². The van der Waals surface area contributed by atoms with Gasteiger partial charge in [-0.1, -0.05) is 49.4 Å². The molecular formula is C26H30N2O4S. The van der Waals surface area contributed by atoms with Gasteiger partial charge in [0.15, 0.2) is 15.6 Å². The molecule has 0 aliphatic carbocycles. The van der Waals surface area contributed by atoms with E-state index in [4.69, 9.17) is 4.42 Å². The first kappa shape index (κ1) is 23.3. The van der Waals surface area contributed by atoms with E-state index in [0.29, 0.717) is 12.1 Å². The lowest BCUT2D eigenvalue weighted by Gasteiger charge is -2.30. The van der Waals surface area contributed by atoms with Crippen LogP contribution in [0.25, 0.3) is 0 Å². The zero-order chi connectivity index (χ0) is 23.3. The van der Waals surface area contributed by atoms with E-state index in [1.807, 2.05) is 12.1 Å². The van der Waals surface area contributed by atoms with Gasteiger partial charge in [0.05, 0.1) is 16.9 Å². The molecule has 2 heterocycles. The lowest BCUT2D eigenvalue weighted by atomic mass is 9.99. The Labute approximate surface area is 195 Å². The molecule has 6 nitrogen and oxygen atoms in total. The Kier molecular flexibility index (Phi) is 7.30. The van der Waals surface area contributed by atoms with Crippen LogP contribution in [-0.4, -0.2) is 32.3 Å². The topological polar surface area (TPSA) is 79.6 Å². The molecule has 33 heavy (non-hydrogen) atoms. The smallest absolute Gasteiger partial charge is 0.287 e. The third kappa shape index (κ3) is 6.12. The second kappa shape index (κ2) is 10.4. The molecule has 1 aliphatic heterocycles. The van der Waals surface area contributed by atoms with E-state index in [9.17, 15) is 13.2 Å². The number of hydrogen-bond donors (Lipinski definition) is 1. The normalized spacial score (nSPS) is 15.4. The van der Waals surface area contributed by atoms with Crippen molar-refractivity contribution in [3.05, 3.63) is 89.4 Å². The summed E-state index contributed by atoms with van der Waals surface area (Å²) in [5.41, 5.74) is 2.59. The number of benzene rings is 2. The summed E-state index contributed by atoms with van der Waals surface area (Å²) in [6, 6.07) is 18.0. The minimum Gasteiger partial charge on any atom is -0.459 e. The van der Waals surface area contributed by atoms with Crippen LogP contribution in [0.3, 0.4) is 0 Å². The van der Waals surface area contributed by atoms with Gasteiger partial charge in [0.1, 0.15) is 0 Å². The van der Waals surface area contributed by atoms with Crippen molar-refractivity contribution in [1.82, 2.24) is 10.2 Å². The Morgan fingerprint density at radius 2 is 1.67 bits per heavy atom. The molecule has 0 unspecified atom stereocenters. The number of hydrogen-bond acceptors (Lipinski definition) is 5. The Bertz CT molecular complexity index is 1160. The third-order valence-corrected chi connectivity index (χ3v) is 7.84. The van der Waals surface area contributed by atoms with Crippen molar-refractivity contribution < 1.29 is 17.6 Å². The van der Waals surface area contributed by atoms with Crippen LogP contribution in [-0.2, 0) is 28.7 Å². The summed E-state index contributed by atoms with van der Waals surface area (Å²) in [6.45, 7) is 5.89. The molecule has 4 rings (SSSR count). The van der Waals surface area contributed by atoms with Gasteiger partial charge in [-0.05, 0) is 61.2 Å². The predicted octanol–water partition coefficient (Wildman–Crippen LogP) is 4.42. The molecule has 0 bridgehead atoms. The average molecular weight is 467 g/mol. The highest BCUT2D eigenvalue weighted by Gasteiger charge is 2.22. The molecule has 0 radical (unpaired) electrons. The average Bonchev–Trinajstić information content (AvgIpc) is 3.28. The molecule has 1 fully saturated rings. The minimum absolute atomic E-state index is 0.0328. The zero-order valence-corrected chi connectivity index (χ0v) is 19.7. The van der Waals surface area contributed by atoms with Crippen LogP contribution >= 0.6 is 0 Å². The van der Waals surface area contributed by atoms with Gasteiger partial charge in [-0.2, -0.15) is 0 Å². The number of furan rings is 1. The highest BCUT2D eigenvalue weighted by atomic mass is 32.2. The van der Waals surface area contributed by atoms with E-state index in [0.717, 1.165) is 31.1 Å². The van der Waals surface area contributed by atoms with Crippen molar-refractivity contribution in [3.63, 3.8) is 0 Å². The van der Waals surface area contributed by atoms with Crippen molar-refractivity contribution in [1.29, 1.82) is 0 Å². The van der Waals surface area contributed by atoms with Crippen LogP contribution < -0.4 is 5.32 Å². The molecule has 0 spiro atoms. The lowest BCUT2D eigenvalue weighted by Crippen LogP contribution is -2.32. The molecule has 0 atom stereocenters.